The number of rotatable bonds is 5. The highest BCUT2D eigenvalue weighted by atomic mass is 35.5. The van der Waals surface area contributed by atoms with E-state index in [1.807, 2.05) is 11.6 Å². The fourth-order valence-corrected chi connectivity index (χ4v) is 2.88. The Balaban J connectivity index is 2.38. The van der Waals surface area contributed by atoms with Gasteiger partial charge in [0.15, 0.2) is 0 Å². The summed E-state index contributed by atoms with van der Waals surface area (Å²) in [6.07, 6.45) is 0.717. The zero-order valence-corrected chi connectivity index (χ0v) is 13.8. The number of benzene rings is 1. The molecule has 4 nitrogen and oxygen atoms in total. The van der Waals surface area contributed by atoms with Crippen molar-refractivity contribution >= 4 is 11.6 Å². The van der Waals surface area contributed by atoms with Crippen LogP contribution in [0.2, 0.25) is 5.02 Å². The zero-order chi connectivity index (χ0) is 15.6. The minimum absolute atomic E-state index is 0.0174. The zero-order valence-electron chi connectivity index (χ0n) is 13.1. The van der Waals surface area contributed by atoms with Crippen molar-refractivity contribution in [2.24, 2.45) is 5.84 Å². The molecule has 1 atom stereocenters. The van der Waals surface area contributed by atoms with Gasteiger partial charge in [0.05, 0.1) is 22.5 Å². The van der Waals surface area contributed by atoms with Crippen LogP contribution < -0.4 is 11.3 Å². The summed E-state index contributed by atoms with van der Waals surface area (Å²) in [4.78, 5) is 0. The van der Waals surface area contributed by atoms with Crippen LogP contribution in [0.3, 0.4) is 0 Å². The molecule has 1 aromatic heterocycles. The summed E-state index contributed by atoms with van der Waals surface area (Å²) in [7, 11) is 0. The second kappa shape index (κ2) is 6.60. The molecule has 1 heterocycles. The summed E-state index contributed by atoms with van der Waals surface area (Å²) in [5.41, 5.74) is 8.54. The van der Waals surface area contributed by atoms with E-state index in [-0.39, 0.29) is 6.04 Å². The summed E-state index contributed by atoms with van der Waals surface area (Å²) in [5.74, 6) is 5.80. The Kier molecular flexibility index (Phi) is 5.04. The fourth-order valence-electron chi connectivity index (χ4n) is 2.67. The number of aryl methyl sites for hydroxylation is 3. The van der Waals surface area contributed by atoms with Crippen LogP contribution in [0.1, 0.15) is 41.0 Å². The van der Waals surface area contributed by atoms with E-state index in [0.29, 0.717) is 6.42 Å². The Morgan fingerprint density at radius 3 is 2.67 bits per heavy atom. The quantitative estimate of drug-likeness (QED) is 0.658. The summed E-state index contributed by atoms with van der Waals surface area (Å²) in [6, 6.07) is 6.30. The molecule has 1 aromatic carbocycles. The van der Waals surface area contributed by atoms with Gasteiger partial charge in [-0.25, -0.2) is 0 Å². The van der Waals surface area contributed by atoms with Gasteiger partial charge in [0.2, 0.25) is 0 Å². The van der Waals surface area contributed by atoms with Gasteiger partial charge in [-0.1, -0.05) is 29.8 Å². The minimum atomic E-state index is 0.0174. The van der Waals surface area contributed by atoms with Gasteiger partial charge in [-0.2, -0.15) is 5.10 Å². The first-order chi connectivity index (χ1) is 9.99. The summed E-state index contributed by atoms with van der Waals surface area (Å²) in [6.45, 7) is 9.03. The smallest absolute Gasteiger partial charge is 0.0847 e. The predicted octanol–water partition coefficient (Wildman–Crippen LogP) is 3.23. The van der Waals surface area contributed by atoms with E-state index in [2.05, 4.69) is 49.5 Å². The number of aromatic nitrogens is 2. The van der Waals surface area contributed by atoms with E-state index in [0.717, 1.165) is 23.0 Å². The number of hydrogen-bond donors (Lipinski definition) is 2. The molecule has 2 rings (SSSR count). The topological polar surface area (TPSA) is 55.9 Å². The Morgan fingerprint density at radius 2 is 2.05 bits per heavy atom. The second-order valence-corrected chi connectivity index (χ2v) is 5.75. The first-order valence-corrected chi connectivity index (χ1v) is 7.61. The number of hydrazine groups is 1. The van der Waals surface area contributed by atoms with Gasteiger partial charge in [-0.15, -0.1) is 0 Å². The van der Waals surface area contributed by atoms with Crippen molar-refractivity contribution in [3.05, 3.63) is 51.3 Å². The van der Waals surface area contributed by atoms with Crippen LogP contribution in [0, 0.1) is 20.8 Å². The number of nitrogens with one attached hydrogen (secondary N) is 1. The lowest BCUT2D eigenvalue weighted by molar-refractivity contribution is 0.515. The average molecular weight is 307 g/mol. The van der Waals surface area contributed by atoms with Gasteiger partial charge < -0.3 is 0 Å². The van der Waals surface area contributed by atoms with Crippen LogP contribution >= 0.6 is 11.6 Å². The highest BCUT2D eigenvalue weighted by Gasteiger charge is 2.20. The van der Waals surface area contributed by atoms with Crippen molar-refractivity contribution in [2.45, 2.75) is 46.7 Å². The van der Waals surface area contributed by atoms with Crippen LogP contribution in [0.5, 0.6) is 0 Å². The SMILES string of the molecule is CCn1nc(C)c(Cl)c1CC(NN)c1cccc(C)c1C. The van der Waals surface area contributed by atoms with Gasteiger partial charge in [0.1, 0.15) is 0 Å². The number of halogens is 1. The molecule has 21 heavy (non-hydrogen) atoms. The molecular weight excluding hydrogens is 284 g/mol. The third-order valence-electron chi connectivity index (χ3n) is 4.07. The molecule has 0 saturated carbocycles. The van der Waals surface area contributed by atoms with Crippen molar-refractivity contribution in [3.8, 4) is 0 Å². The van der Waals surface area contributed by atoms with E-state index >= 15 is 0 Å². The molecular formula is C16H23ClN4. The molecule has 0 bridgehead atoms. The maximum absolute atomic E-state index is 6.40. The maximum Gasteiger partial charge on any atom is 0.0847 e. The molecule has 0 saturated heterocycles. The lowest BCUT2D eigenvalue weighted by atomic mass is 9.95. The van der Waals surface area contributed by atoms with Crippen molar-refractivity contribution in [2.75, 3.05) is 0 Å². The van der Waals surface area contributed by atoms with Gasteiger partial charge in [-0.05, 0) is 44.4 Å². The number of nitrogens with zero attached hydrogens (tertiary/aromatic N) is 2. The second-order valence-electron chi connectivity index (χ2n) is 5.37. The van der Waals surface area contributed by atoms with Gasteiger partial charge in [0, 0.05) is 13.0 Å². The van der Waals surface area contributed by atoms with Crippen molar-refractivity contribution in [1.82, 2.24) is 15.2 Å². The third kappa shape index (κ3) is 3.12. The Bertz CT molecular complexity index is 633. The standard InChI is InChI=1S/C16H23ClN4/c1-5-21-15(16(17)12(4)20-21)9-14(19-18)13-8-6-7-10(2)11(13)3/h6-8,14,19H,5,9,18H2,1-4H3. The molecule has 1 unspecified atom stereocenters. The first-order valence-electron chi connectivity index (χ1n) is 7.23. The van der Waals surface area contributed by atoms with Crippen molar-refractivity contribution in [3.63, 3.8) is 0 Å². The van der Waals surface area contributed by atoms with E-state index in [1.54, 1.807) is 0 Å². The van der Waals surface area contributed by atoms with E-state index in [1.165, 1.54) is 16.7 Å². The van der Waals surface area contributed by atoms with Gasteiger partial charge in [0.25, 0.3) is 0 Å². The molecule has 5 heteroatoms. The summed E-state index contributed by atoms with van der Waals surface area (Å²) < 4.78 is 1.95. The minimum Gasteiger partial charge on any atom is -0.271 e. The number of hydrogen-bond acceptors (Lipinski definition) is 3. The van der Waals surface area contributed by atoms with Gasteiger partial charge in [-0.3, -0.25) is 16.0 Å². The van der Waals surface area contributed by atoms with E-state index < -0.39 is 0 Å². The molecule has 0 aliphatic carbocycles. The molecule has 114 valence electrons. The van der Waals surface area contributed by atoms with Crippen LogP contribution in [-0.2, 0) is 13.0 Å². The molecule has 2 aromatic rings. The Morgan fingerprint density at radius 1 is 1.33 bits per heavy atom. The Hall–Kier alpha value is -1.36. The summed E-state index contributed by atoms with van der Waals surface area (Å²) >= 11 is 6.40. The molecule has 0 spiro atoms. The normalized spacial score (nSPS) is 12.7. The first kappa shape index (κ1) is 16.0. The lowest BCUT2D eigenvalue weighted by Gasteiger charge is -2.20. The molecule has 0 amide bonds. The Labute approximate surface area is 131 Å². The van der Waals surface area contributed by atoms with Crippen LogP contribution in [0.4, 0.5) is 0 Å². The van der Waals surface area contributed by atoms with Crippen LogP contribution in [-0.4, -0.2) is 9.78 Å². The molecule has 0 radical (unpaired) electrons. The maximum atomic E-state index is 6.40. The monoisotopic (exact) mass is 306 g/mol. The van der Waals surface area contributed by atoms with Crippen molar-refractivity contribution < 1.29 is 0 Å². The van der Waals surface area contributed by atoms with E-state index in [4.69, 9.17) is 17.4 Å². The fraction of sp³-hybridized carbons (Fsp3) is 0.438. The molecule has 3 N–H and O–H groups in total. The molecule has 0 aliphatic rings. The highest BCUT2D eigenvalue weighted by molar-refractivity contribution is 6.31. The molecule has 0 aliphatic heterocycles. The van der Waals surface area contributed by atoms with Crippen LogP contribution in [0.25, 0.3) is 0 Å². The van der Waals surface area contributed by atoms with E-state index in [9.17, 15) is 0 Å². The van der Waals surface area contributed by atoms with Crippen LogP contribution in [0.15, 0.2) is 18.2 Å². The third-order valence-corrected chi connectivity index (χ3v) is 4.57. The predicted molar refractivity (Wildman–Crippen MR) is 87.3 cm³/mol. The average Bonchev–Trinajstić information content (AvgIpc) is 2.75. The molecule has 0 fully saturated rings. The highest BCUT2D eigenvalue weighted by Crippen LogP contribution is 2.28. The summed E-state index contributed by atoms with van der Waals surface area (Å²) in [5, 5.41) is 5.20. The lowest BCUT2D eigenvalue weighted by Crippen LogP contribution is -2.31. The largest absolute Gasteiger partial charge is 0.271 e. The van der Waals surface area contributed by atoms with Crippen molar-refractivity contribution in [1.29, 1.82) is 0 Å². The van der Waals surface area contributed by atoms with Gasteiger partial charge >= 0.3 is 0 Å². The number of nitrogens with two attached hydrogens (primary N) is 1.